The van der Waals surface area contributed by atoms with Crippen LogP contribution in [0, 0.1) is 11.8 Å². The molecule has 2 aromatic heterocycles. The largest absolute Gasteiger partial charge is 0.477 e. The molecule has 0 aliphatic rings. The van der Waals surface area contributed by atoms with E-state index in [2.05, 4.69) is 35.7 Å². The highest BCUT2D eigenvalue weighted by atomic mass is 16.4. The molecule has 24 heavy (non-hydrogen) atoms. The molecule has 0 bridgehead atoms. The third kappa shape index (κ3) is 4.65. The van der Waals surface area contributed by atoms with E-state index < -0.39 is 5.97 Å². The van der Waals surface area contributed by atoms with Crippen molar-refractivity contribution in [3.05, 3.63) is 71.7 Å². The van der Waals surface area contributed by atoms with Crippen molar-refractivity contribution in [1.82, 2.24) is 9.97 Å². The van der Waals surface area contributed by atoms with Gasteiger partial charge in [-0.05, 0) is 30.2 Å². The Hall–Kier alpha value is -3.19. The molecular weight excluding hydrogens is 300 g/mol. The first-order chi connectivity index (χ1) is 11.6. The highest BCUT2D eigenvalue weighted by Gasteiger charge is 2.03. The maximum atomic E-state index is 10.9. The lowest BCUT2D eigenvalue weighted by Gasteiger charge is -1.96. The third-order valence-corrected chi connectivity index (χ3v) is 2.89. The van der Waals surface area contributed by atoms with E-state index in [-0.39, 0.29) is 5.69 Å². The fourth-order valence-electron chi connectivity index (χ4n) is 1.90. The van der Waals surface area contributed by atoms with Gasteiger partial charge in [0.05, 0.1) is 5.52 Å². The van der Waals surface area contributed by atoms with Crippen LogP contribution in [0.15, 0.2) is 54.7 Å². The number of rotatable bonds is 1. The number of aromatic nitrogens is 2. The first kappa shape index (κ1) is 17.2. The number of carboxylic acid groups (broad SMARTS) is 1. The summed E-state index contributed by atoms with van der Waals surface area (Å²) in [6.07, 6.45) is 2.94. The van der Waals surface area contributed by atoms with Crippen molar-refractivity contribution in [3.8, 4) is 11.8 Å². The molecule has 3 aromatic rings. The molecule has 1 N–H and O–H groups in total. The van der Waals surface area contributed by atoms with Crippen LogP contribution in [0.4, 0.5) is 0 Å². The maximum Gasteiger partial charge on any atom is 0.354 e. The molecule has 3 rings (SSSR count). The molecule has 4 nitrogen and oxygen atoms in total. The molecule has 0 atom stereocenters. The number of fused-ring (bicyclic) bond motifs is 1. The molecule has 4 heteroatoms. The monoisotopic (exact) mass is 318 g/mol. The molecule has 0 saturated carbocycles. The topological polar surface area (TPSA) is 63.1 Å². The third-order valence-electron chi connectivity index (χ3n) is 2.89. The lowest BCUT2D eigenvalue weighted by molar-refractivity contribution is 0.0690. The van der Waals surface area contributed by atoms with Gasteiger partial charge in [-0.25, -0.2) is 9.78 Å². The zero-order chi connectivity index (χ0) is 17.4. The van der Waals surface area contributed by atoms with E-state index in [0.717, 1.165) is 16.5 Å². The van der Waals surface area contributed by atoms with Crippen molar-refractivity contribution in [2.45, 2.75) is 20.3 Å². The van der Waals surface area contributed by atoms with E-state index in [4.69, 9.17) is 5.11 Å². The molecule has 120 valence electrons. The Bertz CT molecular complexity index is 908. The van der Waals surface area contributed by atoms with E-state index >= 15 is 0 Å². The second kappa shape index (κ2) is 8.44. The van der Waals surface area contributed by atoms with Gasteiger partial charge in [0.1, 0.15) is 11.4 Å². The minimum absolute atomic E-state index is 0.0153. The Kier molecular flexibility index (Phi) is 6.04. The molecule has 0 radical (unpaired) electrons. The first-order valence-electron chi connectivity index (χ1n) is 7.71. The van der Waals surface area contributed by atoms with Crippen LogP contribution < -0.4 is 0 Å². The number of carbonyl (C=O) groups is 1. The lowest BCUT2D eigenvalue weighted by atomic mass is 10.1. The van der Waals surface area contributed by atoms with Crippen molar-refractivity contribution in [2.75, 3.05) is 0 Å². The van der Waals surface area contributed by atoms with Crippen molar-refractivity contribution in [1.29, 1.82) is 0 Å². The molecule has 2 heterocycles. The van der Waals surface area contributed by atoms with Gasteiger partial charge < -0.3 is 5.11 Å². The fourth-order valence-corrected chi connectivity index (χ4v) is 1.90. The number of nitrogens with zero attached hydrogens (tertiary/aromatic N) is 2. The van der Waals surface area contributed by atoms with Crippen LogP contribution in [0.2, 0.25) is 0 Å². The van der Waals surface area contributed by atoms with Crippen LogP contribution in [-0.2, 0) is 0 Å². The van der Waals surface area contributed by atoms with E-state index in [1.165, 1.54) is 12.5 Å². The molecule has 0 saturated heterocycles. The number of benzene rings is 1. The standard InChI is InChI=1S/C17H10N2O2.C3H8/c20-17(21)16-7-3-5-14(19-16)9-8-12-10-13-4-1-2-6-15(13)18-11-12;1-3-2/h1-7,10-11H,(H,20,21);3H2,1-2H3. The predicted molar refractivity (Wildman–Crippen MR) is 94.9 cm³/mol. The van der Waals surface area contributed by atoms with Crippen LogP contribution in [0.25, 0.3) is 10.9 Å². The number of hydrogen-bond donors (Lipinski definition) is 1. The van der Waals surface area contributed by atoms with Crippen LogP contribution in [0.1, 0.15) is 42.0 Å². The normalized spacial score (nSPS) is 9.42. The summed E-state index contributed by atoms with van der Waals surface area (Å²) in [4.78, 5) is 19.1. The number of pyridine rings is 2. The highest BCUT2D eigenvalue weighted by Crippen LogP contribution is 2.12. The van der Waals surface area contributed by atoms with Gasteiger partial charge in [0.2, 0.25) is 0 Å². The van der Waals surface area contributed by atoms with E-state index in [9.17, 15) is 4.79 Å². The molecule has 0 amide bonds. The van der Waals surface area contributed by atoms with Crippen molar-refractivity contribution in [3.63, 3.8) is 0 Å². The van der Waals surface area contributed by atoms with E-state index in [0.29, 0.717) is 5.69 Å². The van der Waals surface area contributed by atoms with Crippen molar-refractivity contribution >= 4 is 16.9 Å². The minimum atomic E-state index is -1.06. The number of para-hydroxylation sites is 1. The molecule has 0 unspecified atom stereocenters. The summed E-state index contributed by atoms with van der Waals surface area (Å²) >= 11 is 0. The Morgan fingerprint density at radius 2 is 1.83 bits per heavy atom. The van der Waals surface area contributed by atoms with Crippen LogP contribution in [0.5, 0.6) is 0 Å². The lowest BCUT2D eigenvalue weighted by Crippen LogP contribution is -2.00. The van der Waals surface area contributed by atoms with Gasteiger partial charge in [0, 0.05) is 17.1 Å². The summed E-state index contributed by atoms with van der Waals surface area (Å²) in [7, 11) is 0. The Labute approximate surface area is 141 Å². The average molecular weight is 318 g/mol. The van der Waals surface area contributed by atoms with E-state index in [1.807, 2.05) is 30.3 Å². The quantitative estimate of drug-likeness (QED) is 0.685. The van der Waals surface area contributed by atoms with Gasteiger partial charge in [-0.2, -0.15) is 0 Å². The Morgan fingerprint density at radius 3 is 2.58 bits per heavy atom. The highest BCUT2D eigenvalue weighted by molar-refractivity contribution is 5.85. The number of hydrogen-bond acceptors (Lipinski definition) is 3. The first-order valence-corrected chi connectivity index (χ1v) is 7.71. The van der Waals surface area contributed by atoms with Gasteiger partial charge in [0.15, 0.2) is 0 Å². The minimum Gasteiger partial charge on any atom is -0.477 e. The van der Waals surface area contributed by atoms with Crippen LogP contribution in [0.3, 0.4) is 0 Å². The van der Waals surface area contributed by atoms with E-state index in [1.54, 1.807) is 18.3 Å². The molecule has 0 aliphatic heterocycles. The van der Waals surface area contributed by atoms with Gasteiger partial charge in [-0.3, -0.25) is 4.98 Å². The predicted octanol–water partition coefficient (Wildman–Crippen LogP) is 4.14. The summed E-state index contributed by atoms with van der Waals surface area (Å²) in [6, 6.07) is 14.5. The molecule has 0 spiro atoms. The van der Waals surface area contributed by atoms with Gasteiger partial charge >= 0.3 is 5.97 Å². The number of carboxylic acids is 1. The Balaban J connectivity index is 0.000000647. The summed E-state index contributed by atoms with van der Waals surface area (Å²) in [5, 5.41) is 9.90. The van der Waals surface area contributed by atoms with Gasteiger partial charge in [0.25, 0.3) is 0 Å². The summed E-state index contributed by atoms with van der Waals surface area (Å²) < 4.78 is 0. The second-order valence-electron chi connectivity index (χ2n) is 5.09. The van der Waals surface area contributed by atoms with Crippen LogP contribution >= 0.6 is 0 Å². The fraction of sp³-hybridized carbons (Fsp3) is 0.150. The zero-order valence-electron chi connectivity index (χ0n) is 13.7. The second-order valence-corrected chi connectivity index (χ2v) is 5.09. The summed E-state index contributed by atoms with van der Waals surface area (Å²) in [6.45, 7) is 4.25. The summed E-state index contributed by atoms with van der Waals surface area (Å²) in [5.41, 5.74) is 2.08. The van der Waals surface area contributed by atoms with Crippen molar-refractivity contribution in [2.24, 2.45) is 0 Å². The number of aromatic carboxylic acids is 1. The zero-order valence-corrected chi connectivity index (χ0v) is 13.7. The molecule has 0 fully saturated rings. The van der Waals surface area contributed by atoms with Gasteiger partial charge in [-0.1, -0.05) is 50.5 Å². The Morgan fingerprint density at radius 1 is 1.08 bits per heavy atom. The average Bonchev–Trinajstić information content (AvgIpc) is 2.61. The van der Waals surface area contributed by atoms with Gasteiger partial charge in [-0.15, -0.1) is 0 Å². The molecule has 1 aromatic carbocycles. The van der Waals surface area contributed by atoms with Crippen molar-refractivity contribution < 1.29 is 9.90 Å². The molecule has 0 aliphatic carbocycles. The smallest absolute Gasteiger partial charge is 0.354 e. The van der Waals surface area contributed by atoms with Crippen LogP contribution in [-0.4, -0.2) is 21.0 Å². The SMILES string of the molecule is CCC.O=C(O)c1cccc(C#Cc2cnc3ccccc3c2)n1. The molecular formula is C20H18N2O2. The summed E-state index contributed by atoms with van der Waals surface area (Å²) in [5.74, 6) is 4.74. The maximum absolute atomic E-state index is 10.9.